The van der Waals surface area contributed by atoms with E-state index in [4.69, 9.17) is 9.84 Å². The van der Waals surface area contributed by atoms with Crippen molar-refractivity contribution < 1.29 is 19.4 Å². The van der Waals surface area contributed by atoms with Crippen molar-refractivity contribution in [3.63, 3.8) is 0 Å². The van der Waals surface area contributed by atoms with Crippen molar-refractivity contribution in [1.82, 2.24) is 10.2 Å². The van der Waals surface area contributed by atoms with Gasteiger partial charge in [-0.05, 0) is 17.9 Å². The quantitative estimate of drug-likeness (QED) is 0.761. The van der Waals surface area contributed by atoms with Crippen molar-refractivity contribution in [3.05, 3.63) is 22.4 Å². The summed E-state index contributed by atoms with van der Waals surface area (Å²) < 4.78 is 4.83. The van der Waals surface area contributed by atoms with Crippen LogP contribution in [0.5, 0.6) is 0 Å². The predicted octanol–water partition coefficient (Wildman–Crippen LogP) is 1.42. The molecule has 0 aromatic carbocycles. The van der Waals surface area contributed by atoms with Gasteiger partial charge in [-0.15, -0.1) is 11.3 Å². The summed E-state index contributed by atoms with van der Waals surface area (Å²) >= 11 is 1.64. The molecule has 112 valence electrons. The van der Waals surface area contributed by atoms with Crippen molar-refractivity contribution in [2.75, 3.05) is 27.3 Å². The van der Waals surface area contributed by atoms with E-state index >= 15 is 0 Å². The Hall–Kier alpha value is -1.60. The maximum atomic E-state index is 11.9. The molecule has 0 aliphatic heterocycles. The highest BCUT2D eigenvalue weighted by molar-refractivity contribution is 7.09. The third-order valence-corrected chi connectivity index (χ3v) is 3.76. The van der Waals surface area contributed by atoms with Crippen molar-refractivity contribution in [3.8, 4) is 0 Å². The second kappa shape index (κ2) is 8.55. The Morgan fingerprint density at radius 1 is 1.55 bits per heavy atom. The fraction of sp³-hybridized carbons (Fsp3) is 0.538. The van der Waals surface area contributed by atoms with E-state index in [2.05, 4.69) is 5.32 Å². The van der Waals surface area contributed by atoms with Gasteiger partial charge >= 0.3 is 12.0 Å². The molecule has 0 saturated heterocycles. The summed E-state index contributed by atoms with van der Waals surface area (Å²) in [6, 6.07) is 2.66. The van der Waals surface area contributed by atoms with Crippen LogP contribution in [0.2, 0.25) is 0 Å². The van der Waals surface area contributed by atoms with Gasteiger partial charge in [-0.3, -0.25) is 0 Å². The summed E-state index contributed by atoms with van der Waals surface area (Å²) in [5.74, 6) is -1.05. The monoisotopic (exact) mass is 300 g/mol. The summed E-state index contributed by atoms with van der Waals surface area (Å²) in [5, 5.41) is 13.5. The lowest BCUT2D eigenvalue weighted by Crippen LogP contribution is -2.47. The summed E-state index contributed by atoms with van der Waals surface area (Å²) in [4.78, 5) is 25.6. The molecule has 0 spiro atoms. The molecule has 1 aromatic heterocycles. The van der Waals surface area contributed by atoms with Gasteiger partial charge in [0.05, 0.1) is 0 Å². The van der Waals surface area contributed by atoms with Crippen LogP contribution in [0.4, 0.5) is 4.79 Å². The average molecular weight is 300 g/mol. The van der Waals surface area contributed by atoms with Gasteiger partial charge in [0.2, 0.25) is 0 Å². The van der Waals surface area contributed by atoms with Crippen LogP contribution < -0.4 is 5.32 Å². The minimum Gasteiger partial charge on any atom is -0.480 e. The molecule has 0 fully saturated rings. The molecule has 0 aliphatic carbocycles. The van der Waals surface area contributed by atoms with Crippen molar-refractivity contribution in [1.29, 1.82) is 0 Å². The van der Waals surface area contributed by atoms with E-state index in [1.54, 1.807) is 18.4 Å². The summed E-state index contributed by atoms with van der Waals surface area (Å²) in [6.45, 7) is 0.832. The predicted molar refractivity (Wildman–Crippen MR) is 77.1 cm³/mol. The number of urea groups is 1. The zero-order valence-corrected chi connectivity index (χ0v) is 12.5. The first-order chi connectivity index (χ1) is 9.54. The van der Waals surface area contributed by atoms with Crippen LogP contribution in [0.1, 0.15) is 11.3 Å². The molecule has 2 amide bonds. The molecular formula is C13H20N2O4S. The second-order valence-electron chi connectivity index (χ2n) is 4.37. The number of rotatable bonds is 8. The number of nitrogens with one attached hydrogen (secondary N) is 1. The van der Waals surface area contributed by atoms with Gasteiger partial charge in [-0.2, -0.15) is 0 Å². The molecule has 1 heterocycles. The van der Waals surface area contributed by atoms with Crippen LogP contribution in [0.3, 0.4) is 0 Å². The number of amides is 2. The number of likely N-dealkylation sites (N-methyl/N-ethyl adjacent to an activating group) is 1. The number of aliphatic carboxylic acids is 1. The smallest absolute Gasteiger partial charge is 0.326 e. The van der Waals surface area contributed by atoms with Gasteiger partial charge in [0.1, 0.15) is 6.04 Å². The van der Waals surface area contributed by atoms with E-state index in [0.717, 1.165) is 6.42 Å². The van der Waals surface area contributed by atoms with E-state index in [9.17, 15) is 9.59 Å². The maximum Gasteiger partial charge on any atom is 0.326 e. The van der Waals surface area contributed by atoms with E-state index in [1.165, 1.54) is 16.9 Å². The molecule has 2 N–H and O–H groups in total. The maximum absolute atomic E-state index is 11.9. The molecule has 0 saturated carbocycles. The number of carbonyl (C=O) groups is 2. The Morgan fingerprint density at radius 3 is 2.85 bits per heavy atom. The van der Waals surface area contributed by atoms with Gasteiger partial charge in [0.15, 0.2) is 0 Å². The first-order valence-electron chi connectivity index (χ1n) is 6.30. The molecule has 1 unspecified atom stereocenters. The second-order valence-corrected chi connectivity index (χ2v) is 5.40. The Balaban J connectivity index is 2.40. The molecule has 1 rings (SSSR count). The number of hydrogen-bond acceptors (Lipinski definition) is 4. The van der Waals surface area contributed by atoms with Crippen molar-refractivity contribution >= 4 is 23.3 Å². The van der Waals surface area contributed by atoms with E-state index in [0.29, 0.717) is 6.54 Å². The van der Waals surface area contributed by atoms with Crippen LogP contribution in [0.15, 0.2) is 17.5 Å². The van der Waals surface area contributed by atoms with Gasteiger partial charge < -0.3 is 20.1 Å². The number of methoxy groups -OCH3 is 1. The van der Waals surface area contributed by atoms with Gasteiger partial charge in [0, 0.05) is 38.6 Å². The normalized spacial score (nSPS) is 11.9. The number of nitrogens with zero attached hydrogens (tertiary/aromatic N) is 1. The van der Waals surface area contributed by atoms with Gasteiger partial charge in [-0.1, -0.05) is 6.07 Å². The first kappa shape index (κ1) is 16.5. The highest BCUT2D eigenvalue weighted by Gasteiger charge is 2.21. The fourth-order valence-corrected chi connectivity index (χ4v) is 2.28. The van der Waals surface area contributed by atoms with E-state index < -0.39 is 12.0 Å². The first-order valence-corrected chi connectivity index (χ1v) is 7.18. The average Bonchev–Trinajstić information content (AvgIpc) is 2.93. The lowest BCUT2D eigenvalue weighted by Gasteiger charge is -2.21. The van der Waals surface area contributed by atoms with Crippen LogP contribution in [-0.2, 0) is 16.0 Å². The SMILES string of the molecule is COCCC(NC(=O)N(C)CCc1cccs1)C(=O)O. The summed E-state index contributed by atoms with van der Waals surface area (Å²) in [6.07, 6.45) is 1.01. The molecule has 7 heteroatoms. The Bertz CT molecular complexity index is 422. The number of carboxylic acid groups (broad SMARTS) is 1. The van der Waals surface area contributed by atoms with E-state index in [-0.39, 0.29) is 19.1 Å². The van der Waals surface area contributed by atoms with E-state index in [1.807, 2.05) is 17.5 Å². The molecule has 1 aromatic rings. The molecule has 0 aliphatic rings. The van der Waals surface area contributed by atoms with Gasteiger partial charge in [-0.25, -0.2) is 9.59 Å². The fourth-order valence-electron chi connectivity index (χ4n) is 1.59. The highest BCUT2D eigenvalue weighted by Crippen LogP contribution is 2.09. The molecule has 0 radical (unpaired) electrons. The largest absolute Gasteiger partial charge is 0.480 e. The van der Waals surface area contributed by atoms with Crippen LogP contribution in [0, 0.1) is 0 Å². The molecule has 0 bridgehead atoms. The lowest BCUT2D eigenvalue weighted by atomic mass is 10.2. The number of carbonyl (C=O) groups excluding carboxylic acids is 1. The van der Waals surface area contributed by atoms with Crippen molar-refractivity contribution in [2.45, 2.75) is 18.9 Å². The van der Waals surface area contributed by atoms with Gasteiger partial charge in [0.25, 0.3) is 0 Å². The molecule has 1 atom stereocenters. The van der Waals surface area contributed by atoms with Crippen LogP contribution >= 0.6 is 11.3 Å². The number of carboxylic acids is 1. The topological polar surface area (TPSA) is 78.9 Å². The zero-order chi connectivity index (χ0) is 15.0. The lowest BCUT2D eigenvalue weighted by molar-refractivity contribution is -0.139. The number of hydrogen-bond donors (Lipinski definition) is 2. The standard InChI is InChI=1S/C13H20N2O4S/c1-15(7-5-10-4-3-9-20-10)13(18)14-11(12(16)17)6-8-19-2/h3-4,9,11H,5-8H2,1-2H3,(H,14,18)(H,16,17). The third-order valence-electron chi connectivity index (χ3n) is 2.83. The molecular weight excluding hydrogens is 280 g/mol. The molecule has 20 heavy (non-hydrogen) atoms. The Morgan fingerprint density at radius 2 is 2.30 bits per heavy atom. The minimum atomic E-state index is -1.05. The highest BCUT2D eigenvalue weighted by atomic mass is 32.1. The number of ether oxygens (including phenoxy) is 1. The van der Waals surface area contributed by atoms with Crippen molar-refractivity contribution in [2.24, 2.45) is 0 Å². The summed E-state index contributed by atoms with van der Waals surface area (Å²) in [7, 11) is 3.14. The molecule has 6 nitrogen and oxygen atoms in total. The Labute approximate surface area is 122 Å². The van der Waals surface area contributed by atoms with Crippen LogP contribution in [-0.4, -0.2) is 55.4 Å². The summed E-state index contributed by atoms with van der Waals surface area (Å²) in [5.41, 5.74) is 0. The zero-order valence-electron chi connectivity index (χ0n) is 11.7. The van der Waals surface area contributed by atoms with Crippen LogP contribution in [0.25, 0.3) is 0 Å². The third kappa shape index (κ3) is 5.58. The Kier molecular flexibility index (Phi) is 7.03. The minimum absolute atomic E-state index is 0.246. The number of thiophene rings is 1.